The van der Waals surface area contributed by atoms with Crippen LogP contribution in [0.5, 0.6) is 0 Å². The molecule has 1 heterocycles. The zero-order chi connectivity index (χ0) is 30.4. The third-order valence-electron chi connectivity index (χ3n) is 7.38. The van der Waals surface area contributed by atoms with Crippen LogP contribution >= 0.6 is 0 Å². The van der Waals surface area contributed by atoms with Crippen LogP contribution in [0.1, 0.15) is 42.7 Å². The van der Waals surface area contributed by atoms with Crippen molar-refractivity contribution in [1.29, 1.82) is 0 Å². The summed E-state index contributed by atoms with van der Waals surface area (Å²) >= 11 is 0. The Kier molecular flexibility index (Phi) is 12.1. The van der Waals surface area contributed by atoms with E-state index in [1.54, 1.807) is 6.08 Å². The van der Waals surface area contributed by atoms with E-state index in [2.05, 4.69) is 28.1 Å². The van der Waals surface area contributed by atoms with Crippen molar-refractivity contribution in [3.63, 3.8) is 0 Å². The largest absolute Gasteiger partial charge is 0.462 e. The van der Waals surface area contributed by atoms with Gasteiger partial charge in [0.2, 0.25) is 11.8 Å². The van der Waals surface area contributed by atoms with Crippen molar-refractivity contribution < 1.29 is 38.5 Å². The molecule has 0 spiro atoms. The number of rotatable bonds is 10. The highest BCUT2D eigenvalue weighted by molar-refractivity contribution is 5.86. The summed E-state index contributed by atoms with van der Waals surface area (Å²) in [5, 5.41) is 16.8. The molecule has 2 atom stereocenters. The van der Waals surface area contributed by atoms with E-state index in [-0.39, 0.29) is 76.7 Å². The topological polar surface area (TPSA) is 152 Å². The Morgan fingerprint density at radius 2 is 1.72 bits per heavy atom. The number of carbonyl (C=O) groups excluding carboxylic acids is 4. The van der Waals surface area contributed by atoms with Gasteiger partial charge in [-0.05, 0) is 41.5 Å². The monoisotopic (exact) mass is 593 g/mol. The van der Waals surface area contributed by atoms with Crippen molar-refractivity contribution in [3.05, 3.63) is 71.8 Å². The minimum Gasteiger partial charge on any atom is -0.462 e. The van der Waals surface area contributed by atoms with Crippen LogP contribution in [0, 0.1) is 5.92 Å². The molecular weight excluding hydrogens is 554 g/mol. The number of aliphatic hydroxyl groups is 1. The van der Waals surface area contributed by atoms with Crippen molar-refractivity contribution in [2.24, 2.45) is 5.92 Å². The van der Waals surface area contributed by atoms with Gasteiger partial charge in [0.15, 0.2) is 0 Å². The lowest BCUT2D eigenvalue weighted by Crippen LogP contribution is -2.43. The van der Waals surface area contributed by atoms with Gasteiger partial charge >= 0.3 is 12.1 Å². The molecule has 230 valence electrons. The number of nitrogens with one attached hydrogen (secondary N) is 3. The molecule has 2 aromatic carbocycles. The van der Waals surface area contributed by atoms with Crippen LogP contribution in [-0.4, -0.2) is 81.1 Å². The van der Waals surface area contributed by atoms with Gasteiger partial charge in [-0.1, -0.05) is 60.7 Å². The summed E-state index contributed by atoms with van der Waals surface area (Å²) < 4.78 is 16.1. The normalized spacial score (nSPS) is 19.0. The van der Waals surface area contributed by atoms with Crippen molar-refractivity contribution >= 4 is 23.9 Å². The fourth-order valence-electron chi connectivity index (χ4n) is 5.25. The molecular formula is C32H39N3O8. The second-order valence-corrected chi connectivity index (χ2v) is 10.4. The zero-order valence-corrected chi connectivity index (χ0v) is 24.1. The molecule has 0 saturated carbocycles. The van der Waals surface area contributed by atoms with Crippen molar-refractivity contribution in [2.75, 3.05) is 46.1 Å². The molecule has 1 aliphatic heterocycles. The molecule has 11 nitrogen and oxygen atoms in total. The third-order valence-corrected chi connectivity index (χ3v) is 7.38. The molecule has 0 bridgehead atoms. The first-order valence-electron chi connectivity index (χ1n) is 14.6. The predicted octanol–water partition coefficient (Wildman–Crippen LogP) is 2.42. The van der Waals surface area contributed by atoms with Gasteiger partial charge in [0, 0.05) is 18.9 Å². The van der Waals surface area contributed by atoms with Crippen LogP contribution in [0.2, 0.25) is 0 Å². The smallest absolute Gasteiger partial charge is 0.407 e. The number of fused-ring (bicyclic) bond motifs is 3. The number of amides is 3. The number of hydrogen-bond donors (Lipinski definition) is 4. The summed E-state index contributed by atoms with van der Waals surface area (Å²) in [5.41, 5.74) is 4.43. The molecule has 0 unspecified atom stereocenters. The van der Waals surface area contributed by atoms with Crippen LogP contribution in [0.4, 0.5) is 4.79 Å². The number of benzene rings is 2. The number of esters is 1. The molecule has 0 radical (unpaired) electrons. The number of allylic oxidation sites excluding steroid dienone is 2. The summed E-state index contributed by atoms with van der Waals surface area (Å²) in [6.45, 7) is 0.748. The highest BCUT2D eigenvalue weighted by atomic mass is 16.6. The number of cyclic esters (lactones) is 1. The van der Waals surface area contributed by atoms with Crippen molar-refractivity contribution in [1.82, 2.24) is 16.0 Å². The predicted molar refractivity (Wildman–Crippen MR) is 158 cm³/mol. The first-order chi connectivity index (χ1) is 21.0. The summed E-state index contributed by atoms with van der Waals surface area (Å²) in [6.07, 6.45) is 3.94. The van der Waals surface area contributed by atoms with Gasteiger partial charge in [-0.15, -0.1) is 0 Å². The quantitative estimate of drug-likeness (QED) is 0.186. The zero-order valence-electron chi connectivity index (χ0n) is 24.1. The van der Waals surface area contributed by atoms with Crippen LogP contribution in [0.15, 0.2) is 60.7 Å². The summed E-state index contributed by atoms with van der Waals surface area (Å²) in [7, 11) is 0. The van der Waals surface area contributed by atoms with Crippen LogP contribution in [0.25, 0.3) is 11.1 Å². The Bertz CT molecular complexity index is 1250. The average Bonchev–Trinajstić information content (AvgIpc) is 3.34. The van der Waals surface area contributed by atoms with Crippen molar-refractivity contribution in [3.8, 4) is 11.1 Å². The molecule has 4 N–H and O–H groups in total. The second kappa shape index (κ2) is 16.4. The molecule has 0 saturated heterocycles. The summed E-state index contributed by atoms with van der Waals surface area (Å²) in [6, 6.07) is 15.2. The van der Waals surface area contributed by atoms with E-state index >= 15 is 0 Å². The van der Waals surface area contributed by atoms with Gasteiger partial charge in [0.05, 0.1) is 32.3 Å². The minimum atomic E-state index is -0.925. The Balaban J connectivity index is 1.29. The molecule has 3 amide bonds. The lowest BCUT2D eigenvalue weighted by molar-refractivity contribution is -0.146. The van der Waals surface area contributed by atoms with E-state index in [0.29, 0.717) is 12.8 Å². The van der Waals surface area contributed by atoms with E-state index in [4.69, 9.17) is 19.3 Å². The lowest BCUT2D eigenvalue weighted by Gasteiger charge is -2.19. The van der Waals surface area contributed by atoms with E-state index in [1.807, 2.05) is 42.5 Å². The van der Waals surface area contributed by atoms with Crippen LogP contribution in [-0.2, 0) is 28.6 Å². The van der Waals surface area contributed by atoms with Gasteiger partial charge in [-0.25, -0.2) is 9.59 Å². The average molecular weight is 594 g/mol. The molecule has 43 heavy (non-hydrogen) atoms. The molecule has 1 aliphatic carbocycles. The fourth-order valence-corrected chi connectivity index (χ4v) is 5.25. The first kappa shape index (κ1) is 31.7. The molecule has 0 fully saturated rings. The van der Waals surface area contributed by atoms with E-state index in [9.17, 15) is 19.2 Å². The van der Waals surface area contributed by atoms with Gasteiger partial charge < -0.3 is 35.3 Å². The van der Waals surface area contributed by atoms with E-state index in [0.717, 1.165) is 22.3 Å². The van der Waals surface area contributed by atoms with E-state index in [1.165, 1.54) is 0 Å². The number of aliphatic hydroxyl groups excluding tert-OH is 1. The highest BCUT2D eigenvalue weighted by Crippen LogP contribution is 2.44. The number of hydrogen-bond acceptors (Lipinski definition) is 8. The Morgan fingerprint density at radius 1 is 1.00 bits per heavy atom. The number of ether oxygens (including phenoxy) is 3. The standard InChI is InChI=1S/C32H39N3O8/c36-16-19-41-17-14-33-29(37)20-22-8-2-1-3-13-28(31(39)42-18-15-34-30(22)38)35-32(40)43-21-27-25-11-6-4-9-23(25)24-10-5-7-12-26(24)27/h1-2,4-7,9-12,22,27-28,36H,3,8,13-21H2,(H,33,37)(H,34,38)(H,35,40)/t22-,28+/m1/s1. The maximum absolute atomic E-state index is 12.8. The van der Waals surface area contributed by atoms with Gasteiger partial charge in [-0.3, -0.25) is 9.59 Å². The lowest BCUT2D eigenvalue weighted by atomic mass is 9.98. The Morgan fingerprint density at radius 3 is 2.44 bits per heavy atom. The Hall–Kier alpha value is -4.22. The minimum absolute atomic E-state index is 0.0120. The second-order valence-electron chi connectivity index (χ2n) is 10.4. The van der Waals surface area contributed by atoms with Gasteiger partial charge in [0.25, 0.3) is 0 Å². The summed E-state index contributed by atoms with van der Waals surface area (Å²) in [5.74, 6) is -1.92. The van der Waals surface area contributed by atoms with Gasteiger partial charge in [0.1, 0.15) is 19.3 Å². The molecule has 4 rings (SSSR count). The van der Waals surface area contributed by atoms with Crippen LogP contribution in [0.3, 0.4) is 0 Å². The maximum atomic E-state index is 12.8. The molecule has 11 heteroatoms. The molecule has 2 aromatic rings. The third kappa shape index (κ3) is 9.13. The SMILES string of the molecule is O=C(C[C@H]1CC=CCC[C@H](NC(=O)OCC2c3ccccc3-c3ccccc32)C(=O)OCCNC1=O)NCCOCCO. The number of carbonyl (C=O) groups is 4. The Labute approximate surface area is 251 Å². The maximum Gasteiger partial charge on any atom is 0.407 e. The van der Waals surface area contributed by atoms with Crippen molar-refractivity contribution in [2.45, 2.75) is 37.6 Å². The summed E-state index contributed by atoms with van der Waals surface area (Å²) in [4.78, 5) is 50.6. The number of alkyl carbamates (subject to hydrolysis) is 1. The molecule has 2 aliphatic rings. The highest BCUT2D eigenvalue weighted by Gasteiger charge is 2.30. The van der Waals surface area contributed by atoms with Gasteiger partial charge in [-0.2, -0.15) is 0 Å². The molecule has 0 aromatic heterocycles. The fraction of sp³-hybridized carbons (Fsp3) is 0.438. The first-order valence-corrected chi connectivity index (χ1v) is 14.6. The van der Waals surface area contributed by atoms with Crippen LogP contribution < -0.4 is 16.0 Å². The van der Waals surface area contributed by atoms with E-state index < -0.39 is 24.0 Å².